The molecule has 2 rings (SSSR count). The zero-order valence-electron chi connectivity index (χ0n) is 10.1. The second kappa shape index (κ2) is 3.95. The Labute approximate surface area is 96.9 Å². The highest BCUT2D eigenvalue weighted by molar-refractivity contribution is 5.51. The molecule has 0 radical (unpaired) electrons. The molecule has 2 nitrogen and oxygen atoms in total. The molecule has 0 amide bonds. The molecule has 2 heteroatoms. The molecule has 16 heavy (non-hydrogen) atoms. The highest BCUT2D eigenvalue weighted by Gasteiger charge is 2.31. The van der Waals surface area contributed by atoms with Gasteiger partial charge in [-0.2, -0.15) is 0 Å². The maximum Gasteiger partial charge on any atom is 0.205 e. The predicted molar refractivity (Wildman–Crippen MR) is 65.2 cm³/mol. The van der Waals surface area contributed by atoms with Crippen LogP contribution in [0.2, 0.25) is 0 Å². The number of benzene rings is 1. The van der Waals surface area contributed by atoms with E-state index < -0.39 is 0 Å². The van der Waals surface area contributed by atoms with Crippen LogP contribution in [0.3, 0.4) is 0 Å². The molecule has 1 aliphatic heterocycles. The predicted octanol–water partition coefficient (Wildman–Crippen LogP) is 3.61. The van der Waals surface area contributed by atoms with Gasteiger partial charge in [0.2, 0.25) is 6.29 Å². The zero-order chi connectivity index (χ0) is 11.8. The van der Waals surface area contributed by atoms with Crippen LogP contribution in [0.1, 0.15) is 31.9 Å². The molecule has 0 fully saturated rings. The van der Waals surface area contributed by atoms with E-state index >= 15 is 0 Å². The molecule has 1 aromatic rings. The van der Waals surface area contributed by atoms with Crippen molar-refractivity contribution < 1.29 is 9.47 Å². The SMILES string of the molecule is C=Cc1ccc2c(c1)COC(C(C)(C)C)O2. The van der Waals surface area contributed by atoms with E-state index in [0.717, 1.165) is 16.9 Å². The molecule has 0 N–H and O–H groups in total. The Balaban J connectivity index is 2.25. The van der Waals surface area contributed by atoms with Crippen LogP contribution in [0.5, 0.6) is 5.75 Å². The van der Waals surface area contributed by atoms with Gasteiger partial charge in [0, 0.05) is 11.0 Å². The number of fused-ring (bicyclic) bond motifs is 1. The van der Waals surface area contributed by atoms with Crippen molar-refractivity contribution in [3.8, 4) is 5.75 Å². The molecular formula is C14H18O2. The van der Waals surface area contributed by atoms with E-state index in [4.69, 9.17) is 9.47 Å². The maximum absolute atomic E-state index is 5.84. The molecule has 0 aliphatic carbocycles. The van der Waals surface area contributed by atoms with E-state index in [9.17, 15) is 0 Å². The second-order valence-corrected chi connectivity index (χ2v) is 5.20. The molecular weight excluding hydrogens is 200 g/mol. The third-order valence-corrected chi connectivity index (χ3v) is 2.65. The van der Waals surface area contributed by atoms with Crippen LogP contribution >= 0.6 is 0 Å². The fraction of sp³-hybridized carbons (Fsp3) is 0.429. The molecule has 0 saturated carbocycles. The first-order valence-electron chi connectivity index (χ1n) is 5.54. The molecule has 0 saturated heterocycles. The van der Waals surface area contributed by atoms with Crippen molar-refractivity contribution in [1.29, 1.82) is 0 Å². The normalized spacial score (nSPS) is 19.8. The first-order valence-corrected chi connectivity index (χ1v) is 5.54. The molecule has 1 heterocycles. The summed E-state index contributed by atoms with van der Waals surface area (Å²) >= 11 is 0. The monoisotopic (exact) mass is 218 g/mol. The van der Waals surface area contributed by atoms with Crippen molar-refractivity contribution >= 4 is 6.08 Å². The Morgan fingerprint density at radius 3 is 2.75 bits per heavy atom. The van der Waals surface area contributed by atoms with E-state index in [1.165, 1.54) is 0 Å². The van der Waals surface area contributed by atoms with Crippen LogP contribution in [0, 0.1) is 5.41 Å². The number of hydrogen-bond donors (Lipinski definition) is 0. The van der Waals surface area contributed by atoms with Crippen LogP contribution in [-0.4, -0.2) is 6.29 Å². The number of rotatable bonds is 1. The van der Waals surface area contributed by atoms with Crippen LogP contribution in [-0.2, 0) is 11.3 Å². The van der Waals surface area contributed by atoms with E-state index in [-0.39, 0.29) is 11.7 Å². The van der Waals surface area contributed by atoms with Gasteiger partial charge in [-0.15, -0.1) is 0 Å². The largest absolute Gasteiger partial charge is 0.464 e. The van der Waals surface area contributed by atoms with E-state index in [0.29, 0.717) is 6.61 Å². The fourth-order valence-corrected chi connectivity index (χ4v) is 1.70. The van der Waals surface area contributed by atoms with Crippen LogP contribution in [0.15, 0.2) is 24.8 Å². The Morgan fingerprint density at radius 2 is 2.12 bits per heavy atom. The summed E-state index contributed by atoms with van der Waals surface area (Å²) in [7, 11) is 0. The minimum Gasteiger partial charge on any atom is -0.464 e. The highest BCUT2D eigenvalue weighted by atomic mass is 16.7. The lowest BCUT2D eigenvalue weighted by molar-refractivity contribution is -0.163. The summed E-state index contributed by atoms with van der Waals surface area (Å²) in [5.74, 6) is 0.928. The van der Waals surface area contributed by atoms with Gasteiger partial charge in [-0.1, -0.05) is 39.5 Å². The minimum atomic E-state index is -0.172. The van der Waals surface area contributed by atoms with Gasteiger partial charge >= 0.3 is 0 Å². The van der Waals surface area contributed by atoms with Crippen molar-refractivity contribution in [1.82, 2.24) is 0 Å². The first-order chi connectivity index (χ1) is 7.50. The van der Waals surface area contributed by atoms with Crippen LogP contribution < -0.4 is 4.74 Å². The molecule has 1 unspecified atom stereocenters. The van der Waals surface area contributed by atoms with Crippen LogP contribution in [0.4, 0.5) is 0 Å². The minimum absolute atomic E-state index is 0.00516. The lowest BCUT2D eigenvalue weighted by Gasteiger charge is -2.35. The van der Waals surface area contributed by atoms with Crippen LogP contribution in [0.25, 0.3) is 6.08 Å². The van der Waals surface area contributed by atoms with Crippen molar-refractivity contribution in [2.75, 3.05) is 0 Å². The Kier molecular flexibility index (Phi) is 2.76. The lowest BCUT2D eigenvalue weighted by Crippen LogP contribution is -2.37. The molecule has 0 bridgehead atoms. The fourth-order valence-electron chi connectivity index (χ4n) is 1.70. The Bertz CT molecular complexity index is 402. The Morgan fingerprint density at radius 1 is 1.38 bits per heavy atom. The smallest absolute Gasteiger partial charge is 0.205 e. The summed E-state index contributed by atoms with van der Waals surface area (Å²) in [5, 5.41) is 0. The van der Waals surface area contributed by atoms with Gasteiger partial charge in [-0.3, -0.25) is 0 Å². The van der Waals surface area contributed by atoms with E-state index in [1.807, 2.05) is 18.2 Å². The summed E-state index contributed by atoms with van der Waals surface area (Å²) < 4.78 is 11.6. The summed E-state index contributed by atoms with van der Waals surface area (Å²) in [6.07, 6.45) is 1.66. The van der Waals surface area contributed by atoms with Gasteiger partial charge in [-0.05, 0) is 17.7 Å². The highest BCUT2D eigenvalue weighted by Crippen LogP contribution is 2.33. The summed E-state index contributed by atoms with van der Waals surface area (Å²) in [5.41, 5.74) is 2.19. The number of hydrogen-bond acceptors (Lipinski definition) is 2. The quantitative estimate of drug-likeness (QED) is 0.717. The van der Waals surface area contributed by atoms with Gasteiger partial charge in [0.1, 0.15) is 5.75 Å². The molecule has 0 aromatic heterocycles. The van der Waals surface area contributed by atoms with Gasteiger partial charge in [-0.25, -0.2) is 0 Å². The average molecular weight is 218 g/mol. The molecule has 1 aliphatic rings. The summed E-state index contributed by atoms with van der Waals surface area (Å²) in [6, 6.07) is 6.06. The maximum atomic E-state index is 5.84. The van der Waals surface area contributed by atoms with Crippen molar-refractivity contribution in [3.05, 3.63) is 35.9 Å². The number of ether oxygens (including phenoxy) is 2. The zero-order valence-corrected chi connectivity index (χ0v) is 10.1. The molecule has 1 atom stereocenters. The summed E-state index contributed by atoms with van der Waals surface area (Å²) in [4.78, 5) is 0. The second-order valence-electron chi connectivity index (χ2n) is 5.20. The molecule has 0 spiro atoms. The van der Waals surface area contributed by atoms with Gasteiger partial charge in [0.25, 0.3) is 0 Å². The van der Waals surface area contributed by atoms with Gasteiger partial charge < -0.3 is 9.47 Å². The van der Waals surface area contributed by atoms with Gasteiger partial charge in [0.15, 0.2) is 0 Å². The van der Waals surface area contributed by atoms with E-state index in [2.05, 4.69) is 33.4 Å². The lowest BCUT2D eigenvalue weighted by atomic mass is 9.95. The third-order valence-electron chi connectivity index (χ3n) is 2.65. The third kappa shape index (κ3) is 2.12. The summed E-state index contributed by atoms with van der Waals surface area (Å²) in [6.45, 7) is 10.7. The van der Waals surface area contributed by atoms with Crippen molar-refractivity contribution in [2.45, 2.75) is 33.7 Å². The van der Waals surface area contributed by atoms with E-state index in [1.54, 1.807) is 0 Å². The Hall–Kier alpha value is -1.28. The average Bonchev–Trinajstić information content (AvgIpc) is 2.26. The molecule has 86 valence electrons. The van der Waals surface area contributed by atoms with Crippen molar-refractivity contribution in [2.24, 2.45) is 5.41 Å². The topological polar surface area (TPSA) is 18.5 Å². The standard InChI is InChI=1S/C14H18O2/c1-5-10-6-7-12-11(8-10)9-15-13(16-12)14(2,3)4/h5-8,13H,1,9H2,2-4H3. The molecule has 1 aromatic carbocycles. The van der Waals surface area contributed by atoms with Crippen molar-refractivity contribution in [3.63, 3.8) is 0 Å². The van der Waals surface area contributed by atoms with Gasteiger partial charge in [0.05, 0.1) is 6.61 Å². The first kappa shape index (κ1) is 11.2.